The van der Waals surface area contributed by atoms with E-state index >= 15 is 0 Å². The number of aliphatic imine (C=N–C) groups is 1. The maximum Gasteiger partial charge on any atom is 0.416 e. The molecule has 0 aromatic heterocycles. The lowest BCUT2D eigenvalue weighted by Crippen LogP contribution is -2.38. The molecule has 0 bridgehead atoms. The van der Waals surface area contributed by atoms with Gasteiger partial charge in [0.25, 0.3) is 0 Å². The van der Waals surface area contributed by atoms with Gasteiger partial charge in [0.05, 0.1) is 5.56 Å². The fourth-order valence-corrected chi connectivity index (χ4v) is 2.92. The number of nitrogens with zero attached hydrogens (tertiary/aromatic N) is 2. The fraction of sp³-hybridized carbons (Fsp3) is 0.579. The van der Waals surface area contributed by atoms with Gasteiger partial charge in [0, 0.05) is 39.1 Å². The first-order chi connectivity index (χ1) is 12.9. The van der Waals surface area contributed by atoms with Gasteiger partial charge < -0.3 is 15.5 Å². The highest BCUT2D eigenvalue weighted by Crippen LogP contribution is 2.29. The standard InChI is InChI=1S/C19H27F3N4O/c1-2-23-18(24-11-4-14-26-13-3-5-17(26)27)25-12-10-15-6-8-16(9-7-15)19(20,21)22/h6-9H,2-5,10-14H2,1H3,(H2,23,24,25). The number of amides is 1. The van der Waals surface area contributed by atoms with E-state index in [2.05, 4.69) is 15.6 Å². The predicted molar refractivity (Wildman–Crippen MR) is 99.6 cm³/mol. The Labute approximate surface area is 158 Å². The fourth-order valence-electron chi connectivity index (χ4n) is 2.92. The van der Waals surface area contributed by atoms with Crippen LogP contribution in [0.3, 0.4) is 0 Å². The van der Waals surface area contributed by atoms with E-state index in [1.165, 1.54) is 12.1 Å². The molecule has 1 fully saturated rings. The van der Waals surface area contributed by atoms with E-state index in [4.69, 9.17) is 0 Å². The summed E-state index contributed by atoms with van der Waals surface area (Å²) >= 11 is 0. The number of likely N-dealkylation sites (tertiary alicyclic amines) is 1. The van der Waals surface area contributed by atoms with Crippen LogP contribution >= 0.6 is 0 Å². The number of benzene rings is 1. The van der Waals surface area contributed by atoms with Gasteiger partial charge in [0.15, 0.2) is 5.96 Å². The normalized spacial score (nSPS) is 15.3. The van der Waals surface area contributed by atoms with Gasteiger partial charge in [-0.05, 0) is 43.9 Å². The molecule has 0 saturated carbocycles. The SMILES string of the molecule is CCNC(=NCCCN1CCCC1=O)NCCc1ccc(C(F)(F)F)cc1. The quantitative estimate of drug-likeness (QED) is 0.412. The Morgan fingerprint density at radius 1 is 1.22 bits per heavy atom. The summed E-state index contributed by atoms with van der Waals surface area (Å²) in [5.74, 6) is 0.901. The smallest absolute Gasteiger partial charge is 0.357 e. The zero-order valence-corrected chi connectivity index (χ0v) is 15.6. The molecule has 1 aliphatic heterocycles. The van der Waals surface area contributed by atoms with Gasteiger partial charge in [-0.1, -0.05) is 12.1 Å². The Kier molecular flexibility index (Phi) is 7.94. The Morgan fingerprint density at radius 2 is 1.96 bits per heavy atom. The van der Waals surface area contributed by atoms with Gasteiger partial charge in [0.2, 0.25) is 5.91 Å². The summed E-state index contributed by atoms with van der Waals surface area (Å²) in [5.41, 5.74) is 0.199. The van der Waals surface area contributed by atoms with E-state index in [-0.39, 0.29) is 5.91 Å². The molecule has 2 rings (SSSR count). The van der Waals surface area contributed by atoms with Crippen LogP contribution in [0.5, 0.6) is 0 Å². The average molecular weight is 384 g/mol. The monoisotopic (exact) mass is 384 g/mol. The molecule has 1 saturated heterocycles. The number of carbonyl (C=O) groups is 1. The van der Waals surface area contributed by atoms with Crippen LogP contribution in [0.1, 0.15) is 37.3 Å². The molecule has 1 aromatic carbocycles. The highest BCUT2D eigenvalue weighted by molar-refractivity contribution is 5.79. The third-order valence-corrected chi connectivity index (χ3v) is 4.36. The van der Waals surface area contributed by atoms with Crippen LogP contribution < -0.4 is 10.6 Å². The second-order valence-electron chi connectivity index (χ2n) is 6.47. The minimum Gasteiger partial charge on any atom is -0.357 e. The Morgan fingerprint density at radius 3 is 2.56 bits per heavy atom. The third-order valence-electron chi connectivity index (χ3n) is 4.36. The van der Waals surface area contributed by atoms with Gasteiger partial charge >= 0.3 is 6.18 Å². The summed E-state index contributed by atoms with van der Waals surface area (Å²) in [7, 11) is 0. The third kappa shape index (κ3) is 7.11. The Hall–Kier alpha value is -2.25. The Bertz CT molecular complexity index is 629. The van der Waals surface area contributed by atoms with Crippen molar-refractivity contribution in [1.29, 1.82) is 0 Å². The van der Waals surface area contributed by atoms with Gasteiger partial charge in [0.1, 0.15) is 0 Å². The molecule has 0 radical (unpaired) electrons. The van der Waals surface area contributed by atoms with Crippen molar-refractivity contribution < 1.29 is 18.0 Å². The van der Waals surface area contributed by atoms with E-state index in [0.717, 1.165) is 50.2 Å². The predicted octanol–water partition coefficient (Wildman–Crippen LogP) is 2.82. The molecule has 1 aliphatic rings. The Balaban J connectivity index is 1.73. The van der Waals surface area contributed by atoms with Crippen molar-refractivity contribution >= 4 is 11.9 Å². The summed E-state index contributed by atoms with van der Waals surface area (Å²) < 4.78 is 37.7. The number of rotatable bonds is 8. The number of carbonyl (C=O) groups excluding carboxylic acids is 1. The highest BCUT2D eigenvalue weighted by Gasteiger charge is 2.29. The first kappa shape index (κ1) is 21.1. The lowest BCUT2D eigenvalue weighted by Gasteiger charge is -2.15. The molecule has 2 N–H and O–H groups in total. The van der Waals surface area contributed by atoms with Crippen molar-refractivity contribution in [2.75, 3.05) is 32.7 Å². The van der Waals surface area contributed by atoms with Crippen molar-refractivity contribution in [3.63, 3.8) is 0 Å². The molecular weight excluding hydrogens is 357 g/mol. The minimum absolute atomic E-state index is 0.223. The van der Waals surface area contributed by atoms with Crippen molar-refractivity contribution in [2.24, 2.45) is 4.99 Å². The molecule has 1 amide bonds. The van der Waals surface area contributed by atoms with Crippen LogP contribution in [0.25, 0.3) is 0 Å². The molecule has 0 unspecified atom stereocenters. The molecule has 150 valence electrons. The number of hydrogen-bond acceptors (Lipinski definition) is 2. The average Bonchev–Trinajstić information content (AvgIpc) is 3.03. The van der Waals surface area contributed by atoms with E-state index in [9.17, 15) is 18.0 Å². The largest absolute Gasteiger partial charge is 0.416 e. The van der Waals surface area contributed by atoms with E-state index in [1.807, 2.05) is 11.8 Å². The summed E-state index contributed by atoms with van der Waals surface area (Å²) in [6.45, 7) is 5.44. The topological polar surface area (TPSA) is 56.7 Å². The lowest BCUT2D eigenvalue weighted by atomic mass is 10.1. The van der Waals surface area contributed by atoms with Crippen molar-refractivity contribution in [1.82, 2.24) is 15.5 Å². The summed E-state index contributed by atoms with van der Waals surface area (Å²) in [6, 6.07) is 5.21. The first-order valence-electron chi connectivity index (χ1n) is 9.36. The van der Waals surface area contributed by atoms with Crippen molar-refractivity contribution in [3.05, 3.63) is 35.4 Å². The molecule has 0 atom stereocenters. The highest BCUT2D eigenvalue weighted by atomic mass is 19.4. The second-order valence-corrected chi connectivity index (χ2v) is 6.47. The van der Waals surface area contributed by atoms with Crippen molar-refractivity contribution in [3.8, 4) is 0 Å². The van der Waals surface area contributed by atoms with Crippen LogP contribution in [0, 0.1) is 0 Å². The molecule has 0 spiro atoms. The number of nitrogens with one attached hydrogen (secondary N) is 2. The molecular formula is C19H27F3N4O. The number of alkyl halides is 3. The van der Waals surface area contributed by atoms with E-state index in [0.29, 0.717) is 31.9 Å². The molecule has 8 heteroatoms. The summed E-state index contributed by atoms with van der Waals surface area (Å²) in [5, 5.41) is 6.33. The van der Waals surface area contributed by atoms with Gasteiger partial charge in [-0.15, -0.1) is 0 Å². The number of guanidine groups is 1. The minimum atomic E-state index is -4.30. The lowest BCUT2D eigenvalue weighted by molar-refractivity contribution is -0.137. The maximum absolute atomic E-state index is 12.6. The van der Waals surface area contributed by atoms with Gasteiger partial charge in [-0.2, -0.15) is 13.2 Å². The van der Waals surface area contributed by atoms with Gasteiger partial charge in [-0.25, -0.2) is 0 Å². The summed E-state index contributed by atoms with van der Waals surface area (Å²) in [6.07, 6.45) is -1.30. The van der Waals surface area contributed by atoms with E-state index in [1.54, 1.807) is 0 Å². The summed E-state index contributed by atoms with van der Waals surface area (Å²) in [4.78, 5) is 17.9. The molecule has 0 aliphatic carbocycles. The second kappa shape index (κ2) is 10.2. The van der Waals surface area contributed by atoms with E-state index < -0.39 is 11.7 Å². The number of halogens is 3. The number of hydrogen-bond donors (Lipinski definition) is 2. The van der Waals surface area contributed by atoms with Crippen molar-refractivity contribution in [2.45, 2.75) is 38.8 Å². The maximum atomic E-state index is 12.6. The first-order valence-corrected chi connectivity index (χ1v) is 9.36. The molecule has 27 heavy (non-hydrogen) atoms. The molecule has 1 aromatic rings. The molecule has 5 nitrogen and oxygen atoms in total. The zero-order valence-electron chi connectivity index (χ0n) is 15.6. The van der Waals surface area contributed by atoms with Crippen LogP contribution in [0.15, 0.2) is 29.3 Å². The van der Waals surface area contributed by atoms with Gasteiger partial charge in [-0.3, -0.25) is 9.79 Å². The molecule has 1 heterocycles. The van der Waals surface area contributed by atoms with Crippen LogP contribution in [0.4, 0.5) is 13.2 Å². The van der Waals surface area contributed by atoms with Crippen LogP contribution in [-0.4, -0.2) is 49.5 Å². The van der Waals surface area contributed by atoms with Crippen LogP contribution in [-0.2, 0) is 17.4 Å². The van der Waals surface area contributed by atoms with Crippen LogP contribution in [0.2, 0.25) is 0 Å². The zero-order chi connectivity index (χ0) is 19.7.